The van der Waals surface area contributed by atoms with Crippen LogP contribution in [-0.2, 0) is 18.9 Å². The lowest BCUT2D eigenvalue weighted by atomic mass is 10.0. The highest BCUT2D eigenvalue weighted by Crippen LogP contribution is 2.33. The van der Waals surface area contributed by atoms with Gasteiger partial charge in [0.25, 0.3) is 0 Å². The topological polar surface area (TPSA) is 110 Å². The standard InChI is InChI=1S/C19H23NO9/c1-12(17(21)13-3-4-15-16(9-13)26-10-25-15)20(2)18(22)27-11-28-19(23)29-14-5-7-24-8-6-14/h3-4,9,12,14H,5-8,10-11H2,1-2H3. The van der Waals surface area contributed by atoms with Gasteiger partial charge in [0.1, 0.15) is 6.10 Å². The third-order valence-electron chi connectivity index (χ3n) is 4.70. The molecule has 10 heteroatoms. The predicted octanol–water partition coefficient (Wildman–Crippen LogP) is 2.34. The number of rotatable bonds is 6. The number of hydrogen-bond acceptors (Lipinski definition) is 9. The van der Waals surface area contributed by atoms with Gasteiger partial charge in [-0.25, -0.2) is 9.59 Å². The average Bonchev–Trinajstić information content (AvgIpc) is 3.20. The Kier molecular flexibility index (Phi) is 6.76. The molecule has 0 saturated carbocycles. The summed E-state index contributed by atoms with van der Waals surface area (Å²) in [5, 5.41) is 0. The zero-order valence-corrected chi connectivity index (χ0v) is 16.3. The van der Waals surface area contributed by atoms with Crippen LogP contribution in [0.5, 0.6) is 11.5 Å². The molecule has 29 heavy (non-hydrogen) atoms. The van der Waals surface area contributed by atoms with Crippen LogP contribution in [0.25, 0.3) is 0 Å². The molecule has 158 valence electrons. The Hall–Kier alpha value is -3.01. The lowest BCUT2D eigenvalue weighted by molar-refractivity contribution is -0.0571. The van der Waals surface area contributed by atoms with E-state index in [9.17, 15) is 14.4 Å². The number of fused-ring (bicyclic) bond motifs is 1. The molecular weight excluding hydrogens is 386 g/mol. The van der Waals surface area contributed by atoms with Crippen molar-refractivity contribution in [1.82, 2.24) is 4.90 Å². The Bertz CT molecular complexity index is 760. The van der Waals surface area contributed by atoms with Gasteiger partial charge in [0.2, 0.25) is 13.6 Å². The summed E-state index contributed by atoms with van der Waals surface area (Å²) in [6.07, 6.45) is -0.815. The van der Waals surface area contributed by atoms with Crippen molar-refractivity contribution in [2.45, 2.75) is 31.9 Å². The van der Waals surface area contributed by atoms with Crippen LogP contribution in [0, 0.1) is 0 Å². The minimum atomic E-state index is -0.920. The maximum absolute atomic E-state index is 12.6. The maximum Gasteiger partial charge on any atom is 0.511 e. The molecule has 1 atom stereocenters. The maximum atomic E-state index is 12.6. The van der Waals surface area contributed by atoms with Gasteiger partial charge in [-0.05, 0) is 25.1 Å². The first-order valence-electron chi connectivity index (χ1n) is 9.20. The number of carbonyl (C=O) groups excluding carboxylic acids is 3. The van der Waals surface area contributed by atoms with E-state index < -0.39 is 25.1 Å². The lowest BCUT2D eigenvalue weighted by Gasteiger charge is -2.23. The highest BCUT2D eigenvalue weighted by molar-refractivity contribution is 6.01. The van der Waals surface area contributed by atoms with Crippen LogP contribution in [0.15, 0.2) is 18.2 Å². The van der Waals surface area contributed by atoms with E-state index in [0.717, 1.165) is 4.90 Å². The molecule has 1 fully saturated rings. The van der Waals surface area contributed by atoms with Gasteiger partial charge in [-0.1, -0.05) is 0 Å². The van der Waals surface area contributed by atoms with Crippen molar-refractivity contribution in [1.29, 1.82) is 0 Å². The minimum Gasteiger partial charge on any atom is -0.454 e. The molecule has 3 rings (SSSR count). The Labute approximate surface area is 167 Å². The molecule has 10 nitrogen and oxygen atoms in total. The van der Waals surface area contributed by atoms with Crippen LogP contribution in [-0.4, -0.2) is 68.9 Å². The second-order valence-electron chi connectivity index (χ2n) is 6.57. The van der Waals surface area contributed by atoms with E-state index in [4.69, 9.17) is 28.4 Å². The lowest BCUT2D eigenvalue weighted by Crippen LogP contribution is -2.41. The molecule has 1 unspecified atom stereocenters. The van der Waals surface area contributed by atoms with Crippen LogP contribution in [0.4, 0.5) is 9.59 Å². The summed E-state index contributed by atoms with van der Waals surface area (Å²) in [6.45, 7) is 2.09. The molecule has 2 aliphatic heterocycles. The van der Waals surface area contributed by atoms with Crippen molar-refractivity contribution in [2.24, 2.45) is 0 Å². The molecule has 0 spiro atoms. The van der Waals surface area contributed by atoms with Crippen molar-refractivity contribution in [2.75, 3.05) is 33.8 Å². The summed E-state index contributed by atoms with van der Waals surface area (Å²) in [5.41, 5.74) is 0.373. The first-order chi connectivity index (χ1) is 14.0. The van der Waals surface area contributed by atoms with Gasteiger partial charge in [-0.2, -0.15) is 0 Å². The summed E-state index contributed by atoms with van der Waals surface area (Å²) in [4.78, 5) is 37.5. The highest BCUT2D eigenvalue weighted by atomic mass is 16.8. The summed E-state index contributed by atoms with van der Waals surface area (Å²) >= 11 is 0. The SMILES string of the molecule is CC(C(=O)c1ccc2c(c1)OCO2)N(C)C(=O)OCOC(=O)OC1CCOCC1. The fourth-order valence-electron chi connectivity index (χ4n) is 2.82. The summed E-state index contributed by atoms with van der Waals surface area (Å²) < 4.78 is 30.4. The fourth-order valence-corrected chi connectivity index (χ4v) is 2.82. The van der Waals surface area contributed by atoms with E-state index >= 15 is 0 Å². The van der Waals surface area contributed by atoms with Gasteiger partial charge in [-0.3, -0.25) is 4.79 Å². The molecule has 0 N–H and O–H groups in total. The molecule has 1 aromatic carbocycles. The Morgan fingerprint density at radius 1 is 1.14 bits per heavy atom. The smallest absolute Gasteiger partial charge is 0.454 e. The average molecular weight is 409 g/mol. The van der Waals surface area contributed by atoms with Crippen LogP contribution in [0.1, 0.15) is 30.1 Å². The Morgan fingerprint density at radius 3 is 2.62 bits per heavy atom. The number of Topliss-reactive ketones (excluding diaryl/α,β-unsaturated/α-hetero) is 1. The molecule has 2 heterocycles. The molecule has 0 aromatic heterocycles. The second-order valence-corrected chi connectivity index (χ2v) is 6.57. The van der Waals surface area contributed by atoms with Gasteiger partial charge in [0, 0.05) is 25.5 Å². The monoisotopic (exact) mass is 409 g/mol. The predicted molar refractivity (Wildman–Crippen MR) is 96.9 cm³/mol. The molecule has 0 aliphatic carbocycles. The van der Waals surface area contributed by atoms with Gasteiger partial charge in [-0.15, -0.1) is 0 Å². The van der Waals surface area contributed by atoms with E-state index in [0.29, 0.717) is 43.1 Å². The molecule has 0 radical (unpaired) electrons. The number of benzene rings is 1. The van der Waals surface area contributed by atoms with Crippen molar-refractivity contribution in [3.05, 3.63) is 23.8 Å². The first-order valence-corrected chi connectivity index (χ1v) is 9.20. The zero-order chi connectivity index (χ0) is 20.8. The highest BCUT2D eigenvalue weighted by Gasteiger charge is 2.27. The number of amides is 1. The van der Waals surface area contributed by atoms with Crippen molar-refractivity contribution in [3.8, 4) is 11.5 Å². The summed E-state index contributed by atoms with van der Waals surface area (Å²) in [6, 6.07) is 3.99. The van der Waals surface area contributed by atoms with Crippen LogP contribution in [0.2, 0.25) is 0 Å². The normalized spacial score (nSPS) is 16.6. The Morgan fingerprint density at radius 2 is 1.86 bits per heavy atom. The summed E-state index contributed by atoms with van der Waals surface area (Å²) in [7, 11) is 1.41. The van der Waals surface area contributed by atoms with Crippen LogP contribution >= 0.6 is 0 Å². The Balaban J connectivity index is 1.43. The number of carbonyl (C=O) groups is 3. The van der Waals surface area contributed by atoms with E-state index in [1.165, 1.54) is 7.05 Å². The van der Waals surface area contributed by atoms with Gasteiger partial charge < -0.3 is 33.3 Å². The molecule has 2 aliphatic rings. The van der Waals surface area contributed by atoms with Crippen LogP contribution < -0.4 is 9.47 Å². The largest absolute Gasteiger partial charge is 0.511 e. The molecular formula is C19H23NO9. The van der Waals surface area contributed by atoms with E-state index in [-0.39, 0.29) is 18.7 Å². The zero-order valence-electron chi connectivity index (χ0n) is 16.3. The van der Waals surface area contributed by atoms with E-state index in [1.54, 1.807) is 25.1 Å². The van der Waals surface area contributed by atoms with E-state index in [1.807, 2.05) is 0 Å². The van der Waals surface area contributed by atoms with Gasteiger partial charge in [0.05, 0.1) is 19.3 Å². The number of likely N-dealkylation sites (N-methyl/N-ethyl adjacent to an activating group) is 1. The van der Waals surface area contributed by atoms with Gasteiger partial charge in [0.15, 0.2) is 17.3 Å². The number of ketones is 1. The molecule has 1 amide bonds. The van der Waals surface area contributed by atoms with Crippen molar-refractivity contribution >= 4 is 18.0 Å². The number of hydrogen-bond donors (Lipinski definition) is 0. The molecule has 1 aromatic rings. The molecule has 0 bridgehead atoms. The second kappa shape index (κ2) is 9.46. The first kappa shape index (κ1) is 20.7. The van der Waals surface area contributed by atoms with E-state index in [2.05, 4.69) is 0 Å². The van der Waals surface area contributed by atoms with Gasteiger partial charge >= 0.3 is 12.2 Å². The number of nitrogens with zero attached hydrogens (tertiary/aromatic N) is 1. The third kappa shape index (κ3) is 5.29. The molecule has 1 saturated heterocycles. The minimum absolute atomic E-state index is 0.103. The quantitative estimate of drug-likeness (QED) is 0.397. The van der Waals surface area contributed by atoms with Crippen molar-refractivity contribution in [3.63, 3.8) is 0 Å². The van der Waals surface area contributed by atoms with Crippen molar-refractivity contribution < 1.29 is 42.8 Å². The number of ether oxygens (including phenoxy) is 6. The fraction of sp³-hybridized carbons (Fsp3) is 0.526. The third-order valence-corrected chi connectivity index (χ3v) is 4.70. The van der Waals surface area contributed by atoms with Crippen LogP contribution in [0.3, 0.4) is 0 Å². The summed E-state index contributed by atoms with van der Waals surface area (Å²) in [5.74, 6) is 0.735.